The Hall–Kier alpha value is -2.95. The van der Waals surface area contributed by atoms with Crippen molar-refractivity contribution in [1.29, 1.82) is 0 Å². The molecule has 1 atom stereocenters. The van der Waals surface area contributed by atoms with Crippen LogP contribution in [0.5, 0.6) is 5.75 Å². The van der Waals surface area contributed by atoms with E-state index in [1.165, 1.54) is 11.6 Å². The van der Waals surface area contributed by atoms with E-state index in [-0.39, 0.29) is 5.82 Å². The monoisotopic (exact) mass is 403 g/mol. The molecule has 0 saturated heterocycles. The topological polar surface area (TPSA) is 50.8 Å². The summed E-state index contributed by atoms with van der Waals surface area (Å²) in [5.41, 5.74) is 4.12. The molecular formula is C25H26FN3O. The SMILES string of the molecule is COc1ccc2nc(C(C)C3CCC(c4ccnc5ccc(F)cc45)CC3)[nH]c2c1. The molecule has 30 heavy (non-hydrogen) atoms. The van der Waals surface area contributed by atoms with E-state index in [1.54, 1.807) is 19.2 Å². The van der Waals surface area contributed by atoms with Crippen LogP contribution >= 0.6 is 0 Å². The van der Waals surface area contributed by atoms with Crippen molar-refractivity contribution >= 4 is 21.9 Å². The lowest BCUT2D eigenvalue weighted by Gasteiger charge is -2.32. The van der Waals surface area contributed by atoms with Gasteiger partial charge in [0.25, 0.3) is 0 Å². The maximum absolute atomic E-state index is 13.8. The second kappa shape index (κ2) is 7.71. The van der Waals surface area contributed by atoms with Crippen molar-refractivity contribution in [2.24, 2.45) is 5.92 Å². The number of hydrogen-bond acceptors (Lipinski definition) is 3. The largest absolute Gasteiger partial charge is 0.497 e. The average Bonchev–Trinajstić information content (AvgIpc) is 3.21. The van der Waals surface area contributed by atoms with E-state index in [0.717, 1.165) is 59.2 Å². The first-order valence-electron chi connectivity index (χ1n) is 10.7. The van der Waals surface area contributed by atoms with Crippen molar-refractivity contribution in [3.05, 3.63) is 65.9 Å². The lowest BCUT2D eigenvalue weighted by Crippen LogP contribution is -2.19. The summed E-state index contributed by atoms with van der Waals surface area (Å²) in [5.74, 6) is 3.12. The number of benzene rings is 2. The average molecular weight is 404 g/mol. The second-order valence-electron chi connectivity index (χ2n) is 8.47. The van der Waals surface area contributed by atoms with Crippen molar-refractivity contribution in [1.82, 2.24) is 15.0 Å². The van der Waals surface area contributed by atoms with Crippen LogP contribution < -0.4 is 4.74 Å². The van der Waals surface area contributed by atoms with Crippen molar-refractivity contribution < 1.29 is 9.13 Å². The van der Waals surface area contributed by atoms with E-state index < -0.39 is 0 Å². The predicted molar refractivity (Wildman–Crippen MR) is 117 cm³/mol. The Morgan fingerprint density at radius 1 is 1.03 bits per heavy atom. The quantitative estimate of drug-likeness (QED) is 0.433. The molecule has 5 rings (SSSR count). The van der Waals surface area contributed by atoms with Gasteiger partial charge in [0.1, 0.15) is 17.4 Å². The molecule has 154 valence electrons. The van der Waals surface area contributed by atoms with Gasteiger partial charge in [0.05, 0.1) is 23.7 Å². The van der Waals surface area contributed by atoms with Gasteiger partial charge in [-0.2, -0.15) is 0 Å². The number of fused-ring (bicyclic) bond motifs is 2. The van der Waals surface area contributed by atoms with Crippen LogP contribution in [0.4, 0.5) is 4.39 Å². The molecule has 1 aliphatic rings. The van der Waals surface area contributed by atoms with Crippen molar-refractivity contribution in [2.45, 2.75) is 44.4 Å². The molecular weight excluding hydrogens is 377 g/mol. The summed E-state index contributed by atoms with van der Waals surface area (Å²) < 4.78 is 19.2. The minimum atomic E-state index is -0.194. The van der Waals surface area contributed by atoms with E-state index in [1.807, 2.05) is 24.4 Å². The van der Waals surface area contributed by atoms with E-state index >= 15 is 0 Å². The van der Waals surface area contributed by atoms with Crippen molar-refractivity contribution in [2.75, 3.05) is 7.11 Å². The summed E-state index contributed by atoms with van der Waals surface area (Å²) in [6.07, 6.45) is 6.36. The number of ether oxygens (including phenoxy) is 1. The first-order valence-corrected chi connectivity index (χ1v) is 10.7. The molecule has 2 aromatic heterocycles. The van der Waals surface area contributed by atoms with Gasteiger partial charge in [0, 0.05) is 23.6 Å². The number of nitrogens with one attached hydrogen (secondary N) is 1. The molecule has 0 amide bonds. The molecule has 2 heterocycles. The number of imidazole rings is 1. The molecule has 0 spiro atoms. The third kappa shape index (κ3) is 3.42. The molecule has 5 heteroatoms. The summed E-state index contributed by atoms with van der Waals surface area (Å²) >= 11 is 0. The number of hydrogen-bond donors (Lipinski definition) is 1. The van der Waals surface area contributed by atoms with Crippen molar-refractivity contribution in [3.63, 3.8) is 0 Å². The Bertz CT molecular complexity index is 1190. The lowest BCUT2D eigenvalue weighted by molar-refractivity contribution is 0.286. The number of nitrogens with zero attached hydrogens (tertiary/aromatic N) is 2. The highest BCUT2D eigenvalue weighted by Crippen LogP contribution is 2.43. The number of rotatable bonds is 4. The maximum atomic E-state index is 13.8. The van der Waals surface area contributed by atoms with Crippen LogP contribution in [0.2, 0.25) is 0 Å². The normalized spacial score (nSPS) is 20.5. The molecule has 1 saturated carbocycles. The molecule has 1 fully saturated rings. The zero-order valence-corrected chi connectivity index (χ0v) is 17.4. The number of aromatic amines is 1. The molecule has 4 aromatic rings. The lowest BCUT2D eigenvalue weighted by atomic mass is 9.73. The standard InChI is InChI=1S/C25H26FN3O/c1-15(25-28-23-10-8-19(30-2)14-24(23)29-25)16-3-5-17(6-4-16)20-11-12-27-22-9-7-18(26)13-21(20)22/h7-17H,3-6H2,1-2H3,(H,28,29). The smallest absolute Gasteiger partial charge is 0.123 e. The van der Waals surface area contributed by atoms with Gasteiger partial charge in [0.15, 0.2) is 0 Å². The van der Waals surface area contributed by atoms with Gasteiger partial charge in [-0.3, -0.25) is 4.98 Å². The Morgan fingerprint density at radius 3 is 2.63 bits per heavy atom. The van der Waals surface area contributed by atoms with Gasteiger partial charge in [-0.1, -0.05) is 6.92 Å². The zero-order chi connectivity index (χ0) is 20.7. The molecule has 1 unspecified atom stereocenters. The van der Waals surface area contributed by atoms with Crippen LogP contribution in [-0.4, -0.2) is 22.1 Å². The number of halogens is 1. The fraction of sp³-hybridized carbons (Fsp3) is 0.360. The molecule has 2 aromatic carbocycles. The third-order valence-corrected chi connectivity index (χ3v) is 6.79. The number of pyridine rings is 1. The van der Waals surface area contributed by atoms with Gasteiger partial charge in [-0.05, 0) is 79.5 Å². The highest BCUT2D eigenvalue weighted by molar-refractivity contribution is 5.82. The number of aromatic nitrogens is 3. The van der Waals surface area contributed by atoms with Gasteiger partial charge >= 0.3 is 0 Å². The van der Waals surface area contributed by atoms with Crippen LogP contribution in [0.15, 0.2) is 48.7 Å². The third-order valence-electron chi connectivity index (χ3n) is 6.79. The summed E-state index contributed by atoms with van der Waals surface area (Å²) in [7, 11) is 1.68. The van der Waals surface area contributed by atoms with E-state index in [9.17, 15) is 4.39 Å². The Morgan fingerprint density at radius 2 is 1.83 bits per heavy atom. The van der Waals surface area contributed by atoms with E-state index in [2.05, 4.69) is 23.0 Å². The fourth-order valence-electron chi connectivity index (χ4n) is 5.00. The van der Waals surface area contributed by atoms with Crippen LogP contribution in [-0.2, 0) is 0 Å². The molecule has 4 nitrogen and oxygen atoms in total. The fourth-order valence-corrected chi connectivity index (χ4v) is 5.00. The Labute approximate surface area is 175 Å². The summed E-state index contributed by atoms with van der Waals surface area (Å²) in [6.45, 7) is 2.27. The van der Waals surface area contributed by atoms with Crippen LogP contribution in [0.3, 0.4) is 0 Å². The number of methoxy groups -OCH3 is 1. The van der Waals surface area contributed by atoms with Gasteiger partial charge in [0.2, 0.25) is 0 Å². The zero-order valence-electron chi connectivity index (χ0n) is 17.4. The second-order valence-corrected chi connectivity index (χ2v) is 8.47. The minimum Gasteiger partial charge on any atom is -0.497 e. The van der Waals surface area contributed by atoms with E-state index in [0.29, 0.717) is 17.8 Å². The summed E-state index contributed by atoms with van der Waals surface area (Å²) in [5, 5.41) is 0.959. The molecule has 0 bridgehead atoms. The van der Waals surface area contributed by atoms with Gasteiger partial charge in [-0.15, -0.1) is 0 Å². The molecule has 0 radical (unpaired) electrons. The summed E-state index contributed by atoms with van der Waals surface area (Å²) in [4.78, 5) is 12.7. The highest BCUT2D eigenvalue weighted by atomic mass is 19.1. The van der Waals surface area contributed by atoms with Crippen LogP contribution in [0.25, 0.3) is 21.9 Å². The Kier molecular flexibility index (Phi) is 4.89. The highest BCUT2D eigenvalue weighted by Gasteiger charge is 2.29. The Balaban J connectivity index is 1.33. The molecule has 1 N–H and O–H groups in total. The van der Waals surface area contributed by atoms with Crippen molar-refractivity contribution in [3.8, 4) is 5.75 Å². The van der Waals surface area contributed by atoms with E-state index in [4.69, 9.17) is 9.72 Å². The first kappa shape index (κ1) is 19.0. The maximum Gasteiger partial charge on any atom is 0.123 e. The number of H-pyrrole nitrogens is 1. The van der Waals surface area contributed by atoms with Gasteiger partial charge < -0.3 is 9.72 Å². The molecule has 1 aliphatic carbocycles. The van der Waals surface area contributed by atoms with Gasteiger partial charge in [-0.25, -0.2) is 9.37 Å². The minimum absolute atomic E-state index is 0.194. The van der Waals surface area contributed by atoms with Crippen LogP contribution in [0.1, 0.15) is 55.8 Å². The predicted octanol–water partition coefficient (Wildman–Crippen LogP) is 6.34. The first-order chi connectivity index (χ1) is 14.6. The van der Waals surface area contributed by atoms with Crippen LogP contribution in [0, 0.1) is 11.7 Å². The summed E-state index contributed by atoms with van der Waals surface area (Å²) in [6, 6.07) is 12.9. The molecule has 0 aliphatic heterocycles.